The summed E-state index contributed by atoms with van der Waals surface area (Å²) in [6.45, 7) is 1.89. The number of benzene rings is 1. The Morgan fingerprint density at radius 2 is 2.12 bits per heavy atom. The van der Waals surface area contributed by atoms with E-state index in [1.165, 1.54) is 11.8 Å². The maximum Gasteiger partial charge on any atom is 0.372 e. The lowest BCUT2D eigenvalue weighted by Gasteiger charge is -2.03. The van der Waals surface area contributed by atoms with Crippen molar-refractivity contribution in [3.8, 4) is 11.3 Å². The predicted octanol–water partition coefficient (Wildman–Crippen LogP) is 1.65. The van der Waals surface area contributed by atoms with Gasteiger partial charge in [0.15, 0.2) is 5.56 Å². The van der Waals surface area contributed by atoms with Gasteiger partial charge in [0.05, 0.1) is 0 Å². The molecule has 0 fully saturated rings. The van der Waals surface area contributed by atoms with Crippen LogP contribution >= 0.6 is 0 Å². The number of carbonyl (C=O) groups is 1. The quantitative estimate of drug-likeness (QED) is 0.856. The predicted molar refractivity (Wildman–Crippen MR) is 61.1 cm³/mol. The average molecular weight is 233 g/mol. The Hall–Kier alpha value is -2.30. The van der Waals surface area contributed by atoms with Crippen LogP contribution < -0.4 is 5.63 Å². The second kappa shape index (κ2) is 3.93. The molecule has 1 heterocycles. The van der Waals surface area contributed by atoms with Crippen LogP contribution in [0.3, 0.4) is 0 Å². The second-order valence-electron chi connectivity index (χ2n) is 3.77. The number of hydrogen-bond acceptors (Lipinski definition) is 3. The number of aromatic nitrogens is 1. The molecule has 0 radical (unpaired) electrons. The van der Waals surface area contributed by atoms with Gasteiger partial charge in [-0.25, -0.2) is 14.3 Å². The lowest BCUT2D eigenvalue weighted by atomic mass is 10.1. The summed E-state index contributed by atoms with van der Waals surface area (Å²) in [6.07, 6.45) is 0. The maximum absolute atomic E-state index is 11.4. The fourth-order valence-corrected chi connectivity index (χ4v) is 1.78. The maximum atomic E-state index is 11.4. The van der Waals surface area contributed by atoms with E-state index in [1.54, 1.807) is 18.2 Å². The van der Waals surface area contributed by atoms with E-state index in [0.717, 1.165) is 5.56 Å². The third-order valence-electron chi connectivity index (χ3n) is 2.48. The van der Waals surface area contributed by atoms with Crippen LogP contribution in [-0.4, -0.2) is 15.8 Å². The largest absolute Gasteiger partial charge is 0.477 e. The Morgan fingerprint density at radius 3 is 2.71 bits per heavy atom. The number of hydrogen-bond donors (Lipinski definition) is 1. The van der Waals surface area contributed by atoms with Crippen molar-refractivity contribution in [2.45, 2.75) is 6.92 Å². The number of aryl methyl sites for hydroxylation is 2. The zero-order valence-electron chi connectivity index (χ0n) is 9.43. The summed E-state index contributed by atoms with van der Waals surface area (Å²) in [5.41, 5.74) is 0.740. The number of rotatable bonds is 2. The SMILES string of the molecule is Cc1cccc(-c2c(C(=O)O)c(=O)on2C)c1. The van der Waals surface area contributed by atoms with Gasteiger partial charge in [0.2, 0.25) is 0 Å². The molecule has 2 aromatic rings. The average Bonchev–Trinajstić information content (AvgIpc) is 2.53. The fourth-order valence-electron chi connectivity index (χ4n) is 1.78. The second-order valence-corrected chi connectivity index (χ2v) is 3.77. The summed E-state index contributed by atoms with van der Waals surface area (Å²) in [5, 5.41) is 9.02. The summed E-state index contributed by atoms with van der Waals surface area (Å²) >= 11 is 0. The molecule has 0 aliphatic carbocycles. The highest BCUT2D eigenvalue weighted by Gasteiger charge is 2.22. The van der Waals surface area contributed by atoms with Crippen LogP contribution in [0.4, 0.5) is 0 Å². The topological polar surface area (TPSA) is 72.4 Å². The molecule has 0 aliphatic rings. The highest BCUT2D eigenvalue weighted by Crippen LogP contribution is 2.22. The van der Waals surface area contributed by atoms with Crippen molar-refractivity contribution in [1.82, 2.24) is 4.74 Å². The Morgan fingerprint density at radius 1 is 1.41 bits per heavy atom. The Balaban J connectivity index is 2.75. The van der Waals surface area contributed by atoms with Crippen LogP contribution in [0.1, 0.15) is 15.9 Å². The van der Waals surface area contributed by atoms with Crippen LogP contribution in [0, 0.1) is 6.92 Å². The van der Waals surface area contributed by atoms with Crippen molar-refractivity contribution < 1.29 is 14.4 Å². The Bertz CT molecular complexity index is 636. The van der Waals surface area contributed by atoms with Crippen LogP contribution in [0.15, 0.2) is 33.6 Å². The van der Waals surface area contributed by atoms with Crippen LogP contribution in [0.25, 0.3) is 11.3 Å². The van der Waals surface area contributed by atoms with Crippen LogP contribution in [0.5, 0.6) is 0 Å². The monoisotopic (exact) mass is 233 g/mol. The van der Waals surface area contributed by atoms with Crippen molar-refractivity contribution in [3.63, 3.8) is 0 Å². The van der Waals surface area contributed by atoms with Gasteiger partial charge >= 0.3 is 11.6 Å². The highest BCUT2D eigenvalue weighted by molar-refractivity contribution is 5.94. The molecular weight excluding hydrogens is 222 g/mol. The molecule has 1 aromatic heterocycles. The fraction of sp³-hybridized carbons (Fsp3) is 0.167. The zero-order valence-corrected chi connectivity index (χ0v) is 9.43. The summed E-state index contributed by atoms with van der Waals surface area (Å²) in [6, 6.07) is 7.23. The molecule has 2 rings (SSSR count). The first-order valence-corrected chi connectivity index (χ1v) is 5.01. The summed E-state index contributed by atoms with van der Waals surface area (Å²) < 4.78 is 5.96. The summed E-state index contributed by atoms with van der Waals surface area (Å²) in [5.74, 6) is -1.28. The molecule has 0 bridgehead atoms. The van der Waals surface area contributed by atoms with Gasteiger partial charge in [-0.2, -0.15) is 0 Å². The van der Waals surface area contributed by atoms with E-state index < -0.39 is 11.6 Å². The van der Waals surface area contributed by atoms with E-state index in [9.17, 15) is 9.59 Å². The van der Waals surface area contributed by atoms with Crippen LogP contribution in [0.2, 0.25) is 0 Å². The van der Waals surface area contributed by atoms with E-state index >= 15 is 0 Å². The molecule has 88 valence electrons. The molecule has 1 N–H and O–H groups in total. The number of nitrogens with zero attached hydrogens (tertiary/aromatic N) is 1. The third kappa shape index (κ3) is 1.87. The van der Waals surface area contributed by atoms with E-state index in [0.29, 0.717) is 5.56 Å². The number of carboxylic acids is 1. The van der Waals surface area contributed by atoms with Gasteiger partial charge in [-0.15, -0.1) is 0 Å². The first kappa shape index (κ1) is 11.2. The van der Waals surface area contributed by atoms with Crippen molar-refractivity contribution in [2.24, 2.45) is 7.05 Å². The van der Waals surface area contributed by atoms with Gasteiger partial charge in [0.1, 0.15) is 5.69 Å². The lowest BCUT2D eigenvalue weighted by molar-refractivity contribution is 0.0695. The summed E-state index contributed by atoms with van der Waals surface area (Å²) in [7, 11) is 1.51. The molecule has 0 aliphatic heterocycles. The van der Waals surface area contributed by atoms with Crippen molar-refractivity contribution in [1.29, 1.82) is 0 Å². The standard InChI is InChI=1S/C12H11NO4/c1-7-4-3-5-8(6-7)10-9(11(14)15)12(16)17-13(10)2/h3-6H,1-2H3,(H,14,15). The highest BCUT2D eigenvalue weighted by atomic mass is 16.5. The minimum atomic E-state index is -1.28. The first-order chi connectivity index (χ1) is 8.00. The van der Waals surface area contributed by atoms with E-state index in [2.05, 4.69) is 0 Å². The minimum absolute atomic E-state index is 0.284. The summed E-state index contributed by atoms with van der Waals surface area (Å²) in [4.78, 5) is 22.4. The third-order valence-corrected chi connectivity index (χ3v) is 2.48. The van der Waals surface area contributed by atoms with Gasteiger partial charge in [-0.1, -0.05) is 23.8 Å². The molecule has 1 aromatic carbocycles. The molecular formula is C12H11NO4. The molecule has 5 heteroatoms. The Labute approximate surface area is 96.9 Å². The first-order valence-electron chi connectivity index (χ1n) is 5.01. The molecule has 0 atom stereocenters. The van der Waals surface area contributed by atoms with Crippen molar-refractivity contribution >= 4 is 5.97 Å². The molecule has 0 amide bonds. The Kier molecular flexibility index (Phi) is 2.59. The molecule has 0 spiro atoms. The smallest absolute Gasteiger partial charge is 0.372 e. The van der Waals surface area contributed by atoms with Gasteiger partial charge in [0.25, 0.3) is 0 Å². The van der Waals surface area contributed by atoms with Gasteiger partial charge in [-0.3, -0.25) is 0 Å². The van der Waals surface area contributed by atoms with E-state index in [1.807, 2.05) is 13.0 Å². The van der Waals surface area contributed by atoms with E-state index in [-0.39, 0.29) is 11.3 Å². The zero-order chi connectivity index (χ0) is 12.6. The van der Waals surface area contributed by atoms with E-state index in [4.69, 9.17) is 9.63 Å². The normalized spacial score (nSPS) is 10.5. The molecule has 0 saturated carbocycles. The van der Waals surface area contributed by atoms with Crippen molar-refractivity contribution in [3.05, 3.63) is 45.8 Å². The van der Waals surface area contributed by atoms with Crippen molar-refractivity contribution in [2.75, 3.05) is 0 Å². The van der Waals surface area contributed by atoms with Gasteiger partial charge < -0.3 is 9.63 Å². The van der Waals surface area contributed by atoms with Gasteiger partial charge in [-0.05, 0) is 13.0 Å². The molecule has 0 saturated heterocycles. The lowest BCUT2D eigenvalue weighted by Crippen LogP contribution is -2.09. The van der Waals surface area contributed by atoms with Crippen LogP contribution in [-0.2, 0) is 7.05 Å². The molecule has 5 nitrogen and oxygen atoms in total. The molecule has 0 unspecified atom stereocenters. The van der Waals surface area contributed by atoms with Gasteiger partial charge in [0, 0.05) is 12.6 Å². The number of aromatic carboxylic acids is 1. The number of carboxylic acid groups (broad SMARTS) is 1. The molecule has 17 heavy (non-hydrogen) atoms. The minimum Gasteiger partial charge on any atom is -0.477 e.